The van der Waals surface area contributed by atoms with Crippen molar-refractivity contribution in [2.75, 3.05) is 0 Å². The van der Waals surface area contributed by atoms with E-state index < -0.39 is 0 Å². The summed E-state index contributed by atoms with van der Waals surface area (Å²) in [7, 11) is 0. The smallest absolute Gasteiger partial charge is 0.0543 e. The van der Waals surface area contributed by atoms with Crippen molar-refractivity contribution in [3.63, 3.8) is 0 Å². The van der Waals surface area contributed by atoms with Gasteiger partial charge in [0.25, 0.3) is 0 Å². The minimum absolute atomic E-state index is 0.0197. The molecule has 3 aliphatic rings. The van der Waals surface area contributed by atoms with Crippen molar-refractivity contribution >= 4 is 0 Å². The van der Waals surface area contributed by atoms with Crippen LogP contribution in [-0.2, 0) is 0 Å². The molecule has 0 aromatic heterocycles. The first-order chi connectivity index (χ1) is 9.72. The Labute approximate surface area is 125 Å². The predicted molar refractivity (Wildman–Crippen MR) is 84.5 cm³/mol. The van der Waals surface area contributed by atoms with Crippen LogP contribution in [0.3, 0.4) is 0 Å². The van der Waals surface area contributed by atoms with E-state index in [2.05, 4.69) is 6.92 Å². The predicted octanol–water partition coefficient (Wildman–Crippen LogP) is 5.17. The van der Waals surface area contributed by atoms with Gasteiger partial charge in [0.1, 0.15) is 0 Å². The van der Waals surface area contributed by atoms with Crippen LogP contribution in [0.25, 0.3) is 0 Å². The molecule has 1 heteroatoms. The molecule has 0 spiro atoms. The van der Waals surface area contributed by atoms with Gasteiger partial charge in [0.05, 0.1) is 6.10 Å². The SMILES string of the molecule is CC1CCC(C2CCC(C3CCCC(O)C3)CC2)CC1. The molecule has 0 aromatic rings. The van der Waals surface area contributed by atoms with Crippen molar-refractivity contribution < 1.29 is 5.11 Å². The van der Waals surface area contributed by atoms with Crippen LogP contribution in [0.4, 0.5) is 0 Å². The Hall–Kier alpha value is -0.0400. The third-order valence-corrected chi connectivity index (χ3v) is 6.90. The summed E-state index contributed by atoms with van der Waals surface area (Å²) in [5.74, 6) is 4.90. The second kappa shape index (κ2) is 6.81. The van der Waals surface area contributed by atoms with Gasteiger partial charge in [-0.05, 0) is 87.4 Å². The fourth-order valence-electron chi connectivity index (χ4n) is 5.47. The molecular weight excluding hydrogens is 244 g/mol. The molecule has 0 radical (unpaired) electrons. The summed E-state index contributed by atoms with van der Waals surface area (Å²) in [5.41, 5.74) is 0. The van der Waals surface area contributed by atoms with Gasteiger partial charge >= 0.3 is 0 Å². The Morgan fingerprint density at radius 2 is 1.10 bits per heavy atom. The van der Waals surface area contributed by atoms with Crippen LogP contribution in [0.15, 0.2) is 0 Å². The van der Waals surface area contributed by atoms with Gasteiger partial charge in [-0.3, -0.25) is 0 Å². The summed E-state index contributed by atoms with van der Waals surface area (Å²) in [6, 6.07) is 0. The van der Waals surface area contributed by atoms with Crippen LogP contribution in [0.5, 0.6) is 0 Å². The van der Waals surface area contributed by atoms with E-state index in [0.717, 1.165) is 42.4 Å². The summed E-state index contributed by atoms with van der Waals surface area (Å²) in [6.45, 7) is 2.43. The van der Waals surface area contributed by atoms with Gasteiger partial charge in [-0.25, -0.2) is 0 Å². The van der Waals surface area contributed by atoms with Crippen molar-refractivity contribution in [1.82, 2.24) is 0 Å². The molecule has 2 unspecified atom stereocenters. The number of hydrogen-bond acceptors (Lipinski definition) is 1. The molecular formula is C19H34O. The summed E-state index contributed by atoms with van der Waals surface area (Å²) in [4.78, 5) is 0. The topological polar surface area (TPSA) is 20.2 Å². The van der Waals surface area contributed by atoms with E-state index in [-0.39, 0.29) is 6.10 Å². The second-order valence-electron chi connectivity index (χ2n) is 8.28. The molecule has 1 nitrogen and oxygen atoms in total. The zero-order valence-corrected chi connectivity index (χ0v) is 13.4. The Bertz CT molecular complexity index is 284. The number of rotatable bonds is 2. The van der Waals surface area contributed by atoms with Gasteiger partial charge in [-0.2, -0.15) is 0 Å². The van der Waals surface area contributed by atoms with Crippen LogP contribution in [0.1, 0.15) is 84.0 Å². The van der Waals surface area contributed by atoms with E-state index >= 15 is 0 Å². The standard InChI is InChI=1S/C19H34O/c1-14-5-7-15(8-6-14)16-9-11-17(12-10-16)18-3-2-4-19(20)13-18/h14-20H,2-13H2,1H3. The van der Waals surface area contributed by atoms with Gasteiger partial charge in [0.2, 0.25) is 0 Å². The lowest BCUT2D eigenvalue weighted by Crippen LogP contribution is -2.31. The molecule has 3 aliphatic carbocycles. The van der Waals surface area contributed by atoms with Gasteiger partial charge < -0.3 is 5.11 Å². The largest absolute Gasteiger partial charge is 0.393 e. The van der Waals surface area contributed by atoms with Crippen molar-refractivity contribution in [3.05, 3.63) is 0 Å². The van der Waals surface area contributed by atoms with Crippen LogP contribution < -0.4 is 0 Å². The highest BCUT2D eigenvalue weighted by molar-refractivity contribution is 4.85. The molecule has 1 N–H and O–H groups in total. The molecule has 20 heavy (non-hydrogen) atoms. The zero-order valence-electron chi connectivity index (χ0n) is 13.4. The van der Waals surface area contributed by atoms with Crippen molar-refractivity contribution in [2.24, 2.45) is 29.6 Å². The molecule has 0 heterocycles. The highest BCUT2D eigenvalue weighted by Crippen LogP contribution is 2.45. The van der Waals surface area contributed by atoms with E-state index in [0.29, 0.717) is 0 Å². The van der Waals surface area contributed by atoms with Gasteiger partial charge in [0.15, 0.2) is 0 Å². The number of aliphatic hydroxyl groups excluding tert-OH is 1. The minimum Gasteiger partial charge on any atom is -0.393 e. The number of hydrogen-bond donors (Lipinski definition) is 1. The van der Waals surface area contributed by atoms with Crippen LogP contribution in [0.2, 0.25) is 0 Å². The van der Waals surface area contributed by atoms with Crippen LogP contribution >= 0.6 is 0 Å². The molecule has 3 saturated carbocycles. The van der Waals surface area contributed by atoms with E-state index in [1.807, 2.05) is 0 Å². The Kier molecular flexibility index (Phi) is 5.07. The molecule has 0 saturated heterocycles. The summed E-state index contributed by atoms with van der Waals surface area (Å²) < 4.78 is 0. The fourth-order valence-corrected chi connectivity index (χ4v) is 5.47. The lowest BCUT2D eigenvalue weighted by Gasteiger charge is -2.41. The maximum atomic E-state index is 9.89. The normalized spacial score (nSPS) is 47.1. The lowest BCUT2D eigenvalue weighted by molar-refractivity contribution is 0.0559. The first-order valence-corrected chi connectivity index (χ1v) is 9.40. The highest BCUT2D eigenvalue weighted by atomic mass is 16.3. The monoisotopic (exact) mass is 278 g/mol. The molecule has 3 fully saturated rings. The first-order valence-electron chi connectivity index (χ1n) is 9.40. The quantitative estimate of drug-likeness (QED) is 0.738. The highest BCUT2D eigenvalue weighted by Gasteiger charge is 2.34. The molecule has 0 bridgehead atoms. The summed E-state index contributed by atoms with van der Waals surface area (Å²) in [6.07, 6.45) is 16.8. The van der Waals surface area contributed by atoms with E-state index in [4.69, 9.17) is 0 Å². The van der Waals surface area contributed by atoms with Gasteiger partial charge in [0, 0.05) is 0 Å². The molecule has 116 valence electrons. The fraction of sp³-hybridized carbons (Fsp3) is 1.00. The average Bonchev–Trinajstić information content (AvgIpc) is 2.48. The van der Waals surface area contributed by atoms with Crippen LogP contribution in [0, 0.1) is 29.6 Å². The van der Waals surface area contributed by atoms with E-state index in [9.17, 15) is 5.11 Å². The number of aliphatic hydroxyl groups is 1. The van der Waals surface area contributed by atoms with Crippen molar-refractivity contribution in [3.8, 4) is 0 Å². The molecule has 3 rings (SSSR count). The minimum atomic E-state index is 0.0197. The molecule has 0 aliphatic heterocycles. The maximum absolute atomic E-state index is 9.89. The van der Waals surface area contributed by atoms with E-state index in [1.54, 1.807) is 0 Å². The molecule has 2 atom stereocenters. The van der Waals surface area contributed by atoms with Gasteiger partial charge in [-0.1, -0.05) is 26.2 Å². The van der Waals surface area contributed by atoms with Crippen molar-refractivity contribution in [1.29, 1.82) is 0 Å². The van der Waals surface area contributed by atoms with Gasteiger partial charge in [-0.15, -0.1) is 0 Å². The first kappa shape index (κ1) is 14.9. The molecule has 0 amide bonds. The lowest BCUT2D eigenvalue weighted by atomic mass is 9.65. The van der Waals surface area contributed by atoms with E-state index in [1.165, 1.54) is 64.2 Å². The summed E-state index contributed by atoms with van der Waals surface area (Å²) >= 11 is 0. The zero-order chi connectivity index (χ0) is 13.9. The second-order valence-corrected chi connectivity index (χ2v) is 8.28. The Morgan fingerprint density at radius 3 is 1.65 bits per heavy atom. The Balaban J connectivity index is 1.44. The third kappa shape index (κ3) is 3.59. The van der Waals surface area contributed by atoms with Crippen LogP contribution in [-0.4, -0.2) is 11.2 Å². The summed E-state index contributed by atoms with van der Waals surface area (Å²) in [5, 5.41) is 9.89. The third-order valence-electron chi connectivity index (χ3n) is 6.90. The maximum Gasteiger partial charge on any atom is 0.0543 e. The average molecular weight is 278 g/mol. The van der Waals surface area contributed by atoms with Crippen molar-refractivity contribution in [2.45, 2.75) is 90.1 Å². The molecule has 0 aromatic carbocycles. The Morgan fingerprint density at radius 1 is 0.600 bits per heavy atom.